The third-order valence-corrected chi connectivity index (χ3v) is 6.44. The summed E-state index contributed by atoms with van der Waals surface area (Å²) in [5, 5.41) is 2.20. The third kappa shape index (κ3) is 5.30. The molecule has 0 aliphatic heterocycles. The standard InChI is InChI=1S/C21H19F6NOS/c1-11-2-5-14(6-3-11)30-18-8-12(4-7-15(18)21(25,26)27)20(29)28-13-9-16(22)19(24)17(23)10-13/h4,7-11,14H,2-3,5-6H2,1H3,(H,28,29). The SMILES string of the molecule is CC1CCC(Sc2cc(C(=O)Nc3cc(F)c(F)c(F)c3)ccc2C(F)(F)F)CC1. The van der Waals surface area contributed by atoms with Gasteiger partial charge in [0.15, 0.2) is 17.5 Å². The summed E-state index contributed by atoms with van der Waals surface area (Å²) in [6, 6.07) is 4.16. The number of hydrogen-bond acceptors (Lipinski definition) is 2. The molecule has 0 bridgehead atoms. The second-order valence-corrected chi connectivity index (χ2v) is 8.76. The number of amides is 1. The van der Waals surface area contributed by atoms with Gasteiger partial charge in [0.25, 0.3) is 5.91 Å². The first-order valence-corrected chi connectivity index (χ1v) is 10.3. The van der Waals surface area contributed by atoms with Gasteiger partial charge in [-0.05, 0) is 49.8 Å². The zero-order chi connectivity index (χ0) is 22.1. The number of carbonyl (C=O) groups is 1. The number of benzene rings is 2. The minimum atomic E-state index is -4.58. The minimum Gasteiger partial charge on any atom is -0.322 e. The number of nitrogens with one attached hydrogen (secondary N) is 1. The number of hydrogen-bond donors (Lipinski definition) is 1. The zero-order valence-corrected chi connectivity index (χ0v) is 16.8. The Hall–Kier alpha value is -2.16. The highest BCUT2D eigenvalue weighted by Gasteiger charge is 2.35. The normalized spacial score (nSPS) is 19.6. The van der Waals surface area contributed by atoms with Crippen LogP contribution in [0.4, 0.5) is 32.0 Å². The number of carbonyl (C=O) groups excluding carboxylic acids is 1. The molecule has 1 aliphatic carbocycles. The van der Waals surface area contributed by atoms with E-state index in [2.05, 4.69) is 12.2 Å². The molecule has 2 aromatic carbocycles. The number of alkyl halides is 3. The Morgan fingerprint density at radius 2 is 1.60 bits per heavy atom. The van der Waals surface area contributed by atoms with Gasteiger partial charge >= 0.3 is 6.18 Å². The molecule has 1 aliphatic rings. The molecule has 0 atom stereocenters. The second-order valence-electron chi connectivity index (χ2n) is 7.42. The van der Waals surface area contributed by atoms with Gasteiger partial charge in [-0.2, -0.15) is 13.2 Å². The van der Waals surface area contributed by atoms with E-state index in [0.717, 1.165) is 55.6 Å². The number of halogens is 6. The topological polar surface area (TPSA) is 29.1 Å². The summed E-state index contributed by atoms with van der Waals surface area (Å²) in [5.41, 5.74) is -1.27. The monoisotopic (exact) mass is 447 g/mol. The van der Waals surface area contributed by atoms with Gasteiger partial charge in [0.2, 0.25) is 0 Å². The van der Waals surface area contributed by atoms with E-state index in [-0.39, 0.29) is 21.4 Å². The van der Waals surface area contributed by atoms with Gasteiger partial charge < -0.3 is 5.32 Å². The van der Waals surface area contributed by atoms with Crippen LogP contribution in [-0.2, 0) is 6.18 Å². The van der Waals surface area contributed by atoms with Crippen LogP contribution in [0.15, 0.2) is 35.2 Å². The lowest BCUT2D eigenvalue weighted by molar-refractivity contribution is -0.139. The molecule has 1 saturated carbocycles. The largest absolute Gasteiger partial charge is 0.417 e. The summed E-state index contributed by atoms with van der Waals surface area (Å²) in [7, 11) is 0. The molecule has 9 heteroatoms. The Morgan fingerprint density at radius 1 is 1.00 bits per heavy atom. The average molecular weight is 447 g/mol. The lowest BCUT2D eigenvalue weighted by atomic mass is 9.91. The van der Waals surface area contributed by atoms with Crippen molar-refractivity contribution >= 4 is 23.4 Å². The zero-order valence-electron chi connectivity index (χ0n) is 16.0. The molecule has 1 N–H and O–H groups in total. The van der Waals surface area contributed by atoms with Crippen LogP contribution in [-0.4, -0.2) is 11.2 Å². The van der Waals surface area contributed by atoms with Gasteiger partial charge in [0.05, 0.1) is 5.56 Å². The van der Waals surface area contributed by atoms with Gasteiger partial charge in [-0.25, -0.2) is 13.2 Å². The van der Waals surface area contributed by atoms with E-state index >= 15 is 0 Å². The molecule has 1 amide bonds. The number of anilines is 1. The van der Waals surface area contributed by atoms with Gasteiger partial charge in [0.1, 0.15) is 0 Å². The molecule has 1 fully saturated rings. The van der Waals surface area contributed by atoms with Crippen molar-refractivity contribution in [3.8, 4) is 0 Å². The first-order chi connectivity index (χ1) is 14.0. The summed E-state index contributed by atoms with van der Waals surface area (Å²) < 4.78 is 80.0. The van der Waals surface area contributed by atoms with Crippen molar-refractivity contribution in [3.05, 3.63) is 58.9 Å². The predicted molar refractivity (Wildman–Crippen MR) is 103 cm³/mol. The Bertz CT molecular complexity index is 915. The van der Waals surface area contributed by atoms with Crippen LogP contribution in [0.2, 0.25) is 0 Å². The fourth-order valence-corrected chi connectivity index (χ4v) is 4.73. The Kier molecular flexibility index (Phi) is 6.69. The van der Waals surface area contributed by atoms with Crippen molar-refractivity contribution in [2.75, 3.05) is 5.32 Å². The molecular formula is C21H19F6NOS. The maximum absolute atomic E-state index is 13.4. The molecule has 0 spiro atoms. The van der Waals surface area contributed by atoms with Crippen molar-refractivity contribution in [2.45, 2.75) is 48.9 Å². The minimum absolute atomic E-state index is 0.0147. The van der Waals surface area contributed by atoms with E-state index in [9.17, 15) is 31.1 Å². The maximum Gasteiger partial charge on any atom is 0.417 e. The van der Waals surface area contributed by atoms with E-state index in [1.54, 1.807) is 0 Å². The van der Waals surface area contributed by atoms with E-state index in [1.165, 1.54) is 0 Å². The van der Waals surface area contributed by atoms with Crippen molar-refractivity contribution in [3.63, 3.8) is 0 Å². The number of rotatable bonds is 4. The fraction of sp³-hybridized carbons (Fsp3) is 0.381. The lowest BCUT2D eigenvalue weighted by Crippen LogP contribution is -2.17. The summed E-state index contributed by atoms with van der Waals surface area (Å²) >= 11 is 1.10. The van der Waals surface area contributed by atoms with E-state index in [1.807, 2.05) is 0 Å². The Morgan fingerprint density at radius 3 is 2.17 bits per heavy atom. The first kappa shape index (κ1) is 22.5. The first-order valence-electron chi connectivity index (χ1n) is 9.38. The summed E-state index contributed by atoms with van der Waals surface area (Å²) in [6.45, 7) is 2.11. The van der Waals surface area contributed by atoms with Gasteiger partial charge in [-0.1, -0.05) is 6.92 Å². The highest BCUT2D eigenvalue weighted by atomic mass is 32.2. The molecule has 2 nitrogen and oxygen atoms in total. The summed E-state index contributed by atoms with van der Waals surface area (Å²) in [5.74, 6) is -4.96. The molecular weight excluding hydrogens is 428 g/mol. The van der Waals surface area contributed by atoms with Crippen molar-refractivity contribution in [2.24, 2.45) is 5.92 Å². The van der Waals surface area contributed by atoms with Crippen LogP contribution >= 0.6 is 11.8 Å². The van der Waals surface area contributed by atoms with Crippen LogP contribution < -0.4 is 5.32 Å². The van der Waals surface area contributed by atoms with E-state index in [4.69, 9.17) is 0 Å². The Balaban J connectivity index is 1.85. The molecule has 0 radical (unpaired) electrons. The second kappa shape index (κ2) is 8.91. The molecule has 0 aromatic heterocycles. The molecule has 0 unspecified atom stereocenters. The van der Waals surface area contributed by atoms with Gasteiger partial charge in [0, 0.05) is 33.5 Å². The summed E-state index contributed by atoms with van der Waals surface area (Å²) in [6.07, 6.45) is -1.15. The average Bonchev–Trinajstić information content (AvgIpc) is 2.67. The molecule has 162 valence electrons. The maximum atomic E-state index is 13.4. The predicted octanol–water partition coefficient (Wildman–Crippen LogP) is 7.05. The lowest BCUT2D eigenvalue weighted by Gasteiger charge is -2.26. The van der Waals surface area contributed by atoms with Crippen LogP contribution in [0.1, 0.15) is 48.5 Å². The van der Waals surface area contributed by atoms with Crippen molar-refractivity contribution < 1.29 is 31.1 Å². The quantitative estimate of drug-likeness (QED) is 0.402. The fourth-order valence-electron chi connectivity index (χ4n) is 3.35. The molecule has 0 saturated heterocycles. The van der Waals surface area contributed by atoms with Gasteiger partial charge in [-0.3, -0.25) is 4.79 Å². The smallest absolute Gasteiger partial charge is 0.322 e. The summed E-state index contributed by atoms with van der Waals surface area (Å²) in [4.78, 5) is 12.4. The molecule has 3 rings (SSSR count). The van der Waals surface area contributed by atoms with Crippen LogP contribution in [0, 0.1) is 23.4 Å². The number of thioether (sulfide) groups is 1. The Labute approximate surface area is 174 Å². The molecule has 0 heterocycles. The van der Waals surface area contributed by atoms with Crippen LogP contribution in [0.25, 0.3) is 0 Å². The van der Waals surface area contributed by atoms with E-state index < -0.39 is 35.1 Å². The van der Waals surface area contributed by atoms with Crippen molar-refractivity contribution in [1.29, 1.82) is 0 Å². The molecule has 2 aromatic rings. The molecule has 30 heavy (non-hydrogen) atoms. The third-order valence-electron chi connectivity index (χ3n) is 5.05. The highest BCUT2D eigenvalue weighted by Crippen LogP contribution is 2.42. The van der Waals surface area contributed by atoms with Crippen LogP contribution in [0.5, 0.6) is 0 Å². The highest BCUT2D eigenvalue weighted by molar-refractivity contribution is 8.00. The van der Waals surface area contributed by atoms with Crippen LogP contribution in [0.3, 0.4) is 0 Å². The van der Waals surface area contributed by atoms with Crippen molar-refractivity contribution in [1.82, 2.24) is 0 Å². The van der Waals surface area contributed by atoms with Gasteiger partial charge in [-0.15, -0.1) is 11.8 Å². The van der Waals surface area contributed by atoms with E-state index in [0.29, 0.717) is 18.1 Å².